The monoisotopic (exact) mass is 387 g/mol. The van der Waals surface area contributed by atoms with Gasteiger partial charge in [-0.15, -0.1) is 11.3 Å². The van der Waals surface area contributed by atoms with Crippen molar-refractivity contribution in [2.45, 2.75) is 33.1 Å². The Labute approximate surface area is 161 Å². The van der Waals surface area contributed by atoms with Gasteiger partial charge in [0.1, 0.15) is 0 Å². The molecule has 1 aromatic carbocycles. The zero-order valence-electron chi connectivity index (χ0n) is 15.2. The highest BCUT2D eigenvalue weighted by molar-refractivity contribution is 7.12. The van der Waals surface area contributed by atoms with Gasteiger partial charge in [-0.3, -0.25) is 24.5 Å². The second-order valence-corrected chi connectivity index (χ2v) is 7.50. The molecule has 0 aliphatic carbocycles. The van der Waals surface area contributed by atoms with Crippen LogP contribution in [0.3, 0.4) is 0 Å². The topological polar surface area (TPSA) is 89.5 Å². The molecule has 0 bridgehead atoms. The maximum atomic E-state index is 12.1. The maximum Gasteiger partial charge on any atom is 0.306 e. The van der Waals surface area contributed by atoms with Gasteiger partial charge < -0.3 is 4.74 Å². The molecule has 0 spiro atoms. The molecule has 6 nitrogen and oxygen atoms in total. The SMILES string of the molecule is Cc1cc(C(=O)CCC(=O)OCC(=O)NC(=O)Cc2ccccc2)c(C)s1. The normalized spacial score (nSPS) is 10.3. The third kappa shape index (κ3) is 6.79. The summed E-state index contributed by atoms with van der Waals surface area (Å²) in [6.45, 7) is 3.23. The van der Waals surface area contributed by atoms with E-state index in [-0.39, 0.29) is 25.0 Å². The molecule has 0 saturated heterocycles. The number of rotatable bonds is 8. The first-order valence-electron chi connectivity index (χ1n) is 8.47. The Morgan fingerprint density at radius 1 is 1.00 bits per heavy atom. The number of esters is 1. The number of benzene rings is 1. The number of thiophene rings is 1. The minimum Gasteiger partial charge on any atom is -0.456 e. The van der Waals surface area contributed by atoms with E-state index in [1.54, 1.807) is 30.3 Å². The average molecular weight is 387 g/mol. The Kier molecular flexibility index (Phi) is 7.43. The molecule has 0 fully saturated rings. The van der Waals surface area contributed by atoms with E-state index < -0.39 is 24.4 Å². The summed E-state index contributed by atoms with van der Waals surface area (Å²) in [4.78, 5) is 49.2. The maximum absolute atomic E-state index is 12.1. The minimum atomic E-state index is -0.695. The van der Waals surface area contributed by atoms with E-state index in [1.165, 1.54) is 11.3 Å². The van der Waals surface area contributed by atoms with Crippen LogP contribution in [0, 0.1) is 13.8 Å². The number of Topliss-reactive ketones (excluding diaryl/α,β-unsaturated/α-hetero) is 1. The number of carbonyl (C=O) groups excluding carboxylic acids is 4. The first-order valence-corrected chi connectivity index (χ1v) is 9.29. The molecule has 27 heavy (non-hydrogen) atoms. The van der Waals surface area contributed by atoms with Crippen molar-refractivity contribution in [3.05, 3.63) is 57.3 Å². The number of imide groups is 1. The van der Waals surface area contributed by atoms with Crippen molar-refractivity contribution >= 4 is 34.9 Å². The van der Waals surface area contributed by atoms with Crippen molar-refractivity contribution in [3.8, 4) is 0 Å². The lowest BCUT2D eigenvalue weighted by Crippen LogP contribution is -2.35. The quantitative estimate of drug-likeness (QED) is 0.556. The Morgan fingerprint density at radius 2 is 1.70 bits per heavy atom. The van der Waals surface area contributed by atoms with E-state index in [9.17, 15) is 19.2 Å². The van der Waals surface area contributed by atoms with Crippen molar-refractivity contribution in [3.63, 3.8) is 0 Å². The lowest BCUT2D eigenvalue weighted by atomic mass is 10.1. The second-order valence-electron chi connectivity index (χ2n) is 6.04. The van der Waals surface area contributed by atoms with Gasteiger partial charge in [-0.1, -0.05) is 30.3 Å². The average Bonchev–Trinajstić information content (AvgIpc) is 2.97. The van der Waals surface area contributed by atoms with Crippen LogP contribution in [-0.2, 0) is 25.5 Å². The van der Waals surface area contributed by atoms with E-state index in [0.29, 0.717) is 5.56 Å². The summed E-state index contributed by atoms with van der Waals surface area (Å²) in [5.41, 5.74) is 1.40. The molecule has 0 radical (unpaired) electrons. The molecule has 1 heterocycles. The van der Waals surface area contributed by atoms with Crippen molar-refractivity contribution in [1.29, 1.82) is 0 Å². The van der Waals surface area contributed by atoms with Crippen LogP contribution in [0.15, 0.2) is 36.4 Å². The number of hydrogen-bond donors (Lipinski definition) is 1. The molecule has 0 aliphatic rings. The number of ketones is 1. The fraction of sp³-hybridized carbons (Fsp3) is 0.300. The molecule has 142 valence electrons. The van der Waals surface area contributed by atoms with Gasteiger partial charge in [0, 0.05) is 21.7 Å². The van der Waals surface area contributed by atoms with E-state index in [0.717, 1.165) is 15.3 Å². The van der Waals surface area contributed by atoms with Crippen LogP contribution in [0.25, 0.3) is 0 Å². The zero-order valence-corrected chi connectivity index (χ0v) is 16.1. The lowest BCUT2D eigenvalue weighted by molar-refractivity contribution is -0.149. The van der Waals surface area contributed by atoms with Crippen molar-refractivity contribution < 1.29 is 23.9 Å². The number of nitrogens with one attached hydrogen (secondary N) is 1. The Bertz CT molecular complexity index is 841. The van der Waals surface area contributed by atoms with Crippen LogP contribution in [-0.4, -0.2) is 30.2 Å². The summed E-state index contributed by atoms with van der Waals surface area (Å²) < 4.78 is 4.82. The molecular formula is C20H21NO5S. The van der Waals surface area contributed by atoms with Crippen LogP contribution < -0.4 is 5.32 Å². The van der Waals surface area contributed by atoms with Crippen LogP contribution in [0.1, 0.15) is 38.5 Å². The number of amides is 2. The largest absolute Gasteiger partial charge is 0.456 e. The highest BCUT2D eigenvalue weighted by Gasteiger charge is 2.16. The van der Waals surface area contributed by atoms with Gasteiger partial charge in [-0.2, -0.15) is 0 Å². The fourth-order valence-corrected chi connectivity index (χ4v) is 3.44. The predicted molar refractivity (Wildman–Crippen MR) is 102 cm³/mol. The van der Waals surface area contributed by atoms with Gasteiger partial charge >= 0.3 is 5.97 Å². The number of hydrogen-bond acceptors (Lipinski definition) is 6. The van der Waals surface area contributed by atoms with Gasteiger partial charge in [-0.25, -0.2) is 0 Å². The molecular weight excluding hydrogens is 366 g/mol. The molecule has 0 unspecified atom stereocenters. The van der Waals surface area contributed by atoms with Crippen LogP contribution in [0.4, 0.5) is 0 Å². The summed E-state index contributed by atoms with van der Waals surface area (Å²) in [5.74, 6) is -1.95. The van der Waals surface area contributed by atoms with Crippen LogP contribution in [0.2, 0.25) is 0 Å². The highest BCUT2D eigenvalue weighted by Crippen LogP contribution is 2.22. The second kappa shape index (κ2) is 9.78. The number of carbonyl (C=O) groups is 4. The van der Waals surface area contributed by atoms with Gasteiger partial charge in [0.25, 0.3) is 5.91 Å². The third-order valence-corrected chi connectivity index (χ3v) is 4.71. The smallest absolute Gasteiger partial charge is 0.306 e. The molecule has 7 heteroatoms. The fourth-order valence-electron chi connectivity index (χ4n) is 2.49. The minimum absolute atomic E-state index is 0.0183. The molecule has 2 rings (SSSR count). The highest BCUT2D eigenvalue weighted by atomic mass is 32.1. The van der Waals surface area contributed by atoms with E-state index in [1.807, 2.05) is 19.9 Å². The molecule has 0 saturated carbocycles. The van der Waals surface area contributed by atoms with Gasteiger partial charge in [0.05, 0.1) is 12.8 Å². The number of aryl methyl sites for hydroxylation is 2. The first kappa shape index (κ1) is 20.5. The lowest BCUT2D eigenvalue weighted by Gasteiger charge is -2.06. The van der Waals surface area contributed by atoms with Crippen molar-refractivity contribution in [2.24, 2.45) is 0 Å². The summed E-state index contributed by atoms with van der Waals surface area (Å²) >= 11 is 1.53. The summed E-state index contributed by atoms with van der Waals surface area (Å²) in [5, 5.41) is 2.16. The standard InChI is InChI=1S/C20H21NO5S/c1-13-10-16(14(2)27-13)17(22)8-9-20(25)26-12-19(24)21-18(23)11-15-6-4-3-5-7-15/h3-7,10H,8-9,11-12H2,1-2H3,(H,21,23,24). The van der Waals surface area contributed by atoms with Crippen molar-refractivity contribution in [1.82, 2.24) is 5.32 Å². The van der Waals surface area contributed by atoms with E-state index in [4.69, 9.17) is 4.74 Å². The first-order chi connectivity index (χ1) is 12.8. The molecule has 0 atom stereocenters. The van der Waals surface area contributed by atoms with Crippen LogP contribution >= 0.6 is 11.3 Å². The molecule has 1 N–H and O–H groups in total. The van der Waals surface area contributed by atoms with E-state index in [2.05, 4.69) is 5.32 Å². The number of ether oxygens (including phenoxy) is 1. The molecule has 0 aliphatic heterocycles. The Hall–Kier alpha value is -2.80. The third-order valence-electron chi connectivity index (χ3n) is 3.75. The molecule has 2 amide bonds. The molecule has 2 aromatic rings. The van der Waals surface area contributed by atoms with Gasteiger partial charge in [0.2, 0.25) is 5.91 Å². The summed E-state index contributed by atoms with van der Waals surface area (Å²) in [6.07, 6.45) is -0.0305. The van der Waals surface area contributed by atoms with Gasteiger partial charge in [0.15, 0.2) is 12.4 Å². The zero-order chi connectivity index (χ0) is 19.8. The Balaban J connectivity index is 1.68. The molecule has 1 aromatic heterocycles. The van der Waals surface area contributed by atoms with Gasteiger partial charge in [-0.05, 0) is 25.5 Å². The van der Waals surface area contributed by atoms with Crippen molar-refractivity contribution in [2.75, 3.05) is 6.61 Å². The van der Waals surface area contributed by atoms with E-state index >= 15 is 0 Å². The summed E-state index contributed by atoms with van der Waals surface area (Å²) in [7, 11) is 0. The Morgan fingerprint density at radius 3 is 2.33 bits per heavy atom. The predicted octanol–water partition coefficient (Wildman–Crippen LogP) is 2.76. The van der Waals surface area contributed by atoms with Crippen LogP contribution in [0.5, 0.6) is 0 Å². The summed E-state index contributed by atoms with van der Waals surface area (Å²) in [6, 6.07) is 10.8.